The van der Waals surface area contributed by atoms with E-state index in [2.05, 4.69) is 5.32 Å². The zero-order chi connectivity index (χ0) is 20.5. The first-order valence-corrected chi connectivity index (χ1v) is 10.9. The van der Waals surface area contributed by atoms with Crippen molar-refractivity contribution in [1.82, 2.24) is 4.31 Å². The number of carbonyl (C=O) groups excluding carboxylic acids is 1. The SMILES string of the molecule is Cc1ccc(NC(=O)C2CCN(S(=O)(=O)c3c(Cl)cccc3Cl)CC2)c(F)c1. The number of aryl methyl sites for hydroxylation is 1. The molecule has 1 aliphatic heterocycles. The maximum atomic E-state index is 13.9. The Morgan fingerprint density at radius 1 is 1.14 bits per heavy atom. The molecule has 1 fully saturated rings. The molecule has 9 heteroatoms. The van der Waals surface area contributed by atoms with Gasteiger partial charge in [0.05, 0.1) is 15.7 Å². The molecule has 0 aliphatic carbocycles. The molecule has 1 amide bonds. The van der Waals surface area contributed by atoms with Crippen LogP contribution in [0.3, 0.4) is 0 Å². The monoisotopic (exact) mass is 444 g/mol. The van der Waals surface area contributed by atoms with E-state index < -0.39 is 21.8 Å². The molecule has 0 saturated carbocycles. The van der Waals surface area contributed by atoms with E-state index in [1.807, 2.05) is 0 Å². The van der Waals surface area contributed by atoms with Gasteiger partial charge in [-0.15, -0.1) is 0 Å². The molecule has 3 rings (SSSR count). The van der Waals surface area contributed by atoms with Gasteiger partial charge in [-0.25, -0.2) is 12.8 Å². The Hall–Kier alpha value is -1.67. The Morgan fingerprint density at radius 3 is 2.32 bits per heavy atom. The van der Waals surface area contributed by atoms with Gasteiger partial charge < -0.3 is 5.32 Å². The number of nitrogens with one attached hydrogen (secondary N) is 1. The minimum absolute atomic E-state index is 0.0576. The first-order chi connectivity index (χ1) is 13.2. The normalized spacial score (nSPS) is 16.1. The highest BCUT2D eigenvalue weighted by atomic mass is 35.5. The lowest BCUT2D eigenvalue weighted by atomic mass is 9.97. The van der Waals surface area contributed by atoms with Gasteiger partial charge >= 0.3 is 0 Å². The number of piperidine rings is 1. The topological polar surface area (TPSA) is 66.5 Å². The summed E-state index contributed by atoms with van der Waals surface area (Å²) in [6, 6.07) is 9.08. The minimum Gasteiger partial charge on any atom is -0.323 e. The van der Waals surface area contributed by atoms with Crippen molar-refractivity contribution in [1.29, 1.82) is 0 Å². The molecular weight excluding hydrogens is 426 g/mol. The number of halogens is 3. The third kappa shape index (κ3) is 4.33. The molecule has 1 aliphatic rings. The van der Waals surface area contributed by atoms with Gasteiger partial charge in [-0.2, -0.15) is 4.31 Å². The van der Waals surface area contributed by atoms with Crippen molar-refractivity contribution in [2.75, 3.05) is 18.4 Å². The van der Waals surface area contributed by atoms with Crippen LogP contribution in [0.1, 0.15) is 18.4 Å². The van der Waals surface area contributed by atoms with Gasteiger partial charge in [0.25, 0.3) is 0 Å². The van der Waals surface area contributed by atoms with E-state index in [4.69, 9.17) is 23.2 Å². The summed E-state index contributed by atoms with van der Waals surface area (Å²) in [4.78, 5) is 12.3. The number of amides is 1. The summed E-state index contributed by atoms with van der Waals surface area (Å²) in [5.74, 6) is -1.23. The molecule has 1 saturated heterocycles. The molecule has 2 aromatic rings. The van der Waals surface area contributed by atoms with E-state index in [1.54, 1.807) is 19.1 Å². The lowest BCUT2D eigenvalue weighted by molar-refractivity contribution is -0.120. The van der Waals surface area contributed by atoms with Crippen LogP contribution >= 0.6 is 23.2 Å². The molecule has 150 valence electrons. The van der Waals surface area contributed by atoms with Crippen LogP contribution in [-0.2, 0) is 14.8 Å². The van der Waals surface area contributed by atoms with Crippen LogP contribution < -0.4 is 5.32 Å². The first-order valence-electron chi connectivity index (χ1n) is 8.71. The predicted octanol–water partition coefficient (Wildman–Crippen LogP) is 4.48. The maximum Gasteiger partial charge on any atom is 0.246 e. The summed E-state index contributed by atoms with van der Waals surface area (Å²) in [5, 5.41) is 2.70. The van der Waals surface area contributed by atoms with Gasteiger partial charge in [0, 0.05) is 19.0 Å². The van der Waals surface area contributed by atoms with E-state index in [0.29, 0.717) is 12.8 Å². The highest BCUT2D eigenvalue weighted by Gasteiger charge is 2.34. The Balaban J connectivity index is 1.68. The molecule has 0 spiro atoms. The second-order valence-electron chi connectivity index (χ2n) is 6.70. The summed E-state index contributed by atoms with van der Waals surface area (Å²) in [6.45, 7) is 2.06. The van der Waals surface area contributed by atoms with Crippen LogP contribution in [0.25, 0.3) is 0 Å². The number of benzene rings is 2. The highest BCUT2D eigenvalue weighted by Crippen LogP contribution is 2.33. The van der Waals surface area contributed by atoms with Crippen molar-refractivity contribution in [2.24, 2.45) is 5.92 Å². The van der Waals surface area contributed by atoms with Crippen molar-refractivity contribution in [3.05, 3.63) is 57.8 Å². The Kier molecular flexibility index (Phi) is 6.29. The summed E-state index contributed by atoms with van der Waals surface area (Å²) in [5.41, 5.74) is 0.876. The minimum atomic E-state index is -3.87. The Bertz CT molecular complexity index is 986. The molecule has 28 heavy (non-hydrogen) atoms. The molecule has 0 aromatic heterocycles. The van der Waals surface area contributed by atoms with Crippen LogP contribution in [0.4, 0.5) is 10.1 Å². The lowest BCUT2D eigenvalue weighted by Gasteiger charge is -2.31. The maximum absolute atomic E-state index is 13.9. The molecule has 0 atom stereocenters. The average Bonchev–Trinajstić information content (AvgIpc) is 2.64. The van der Waals surface area contributed by atoms with Crippen molar-refractivity contribution >= 4 is 44.8 Å². The molecule has 1 heterocycles. The second-order valence-corrected chi connectivity index (χ2v) is 9.39. The molecule has 2 aromatic carbocycles. The van der Waals surface area contributed by atoms with Crippen molar-refractivity contribution in [3.8, 4) is 0 Å². The van der Waals surface area contributed by atoms with Crippen LogP contribution in [0.5, 0.6) is 0 Å². The van der Waals surface area contributed by atoms with E-state index in [9.17, 15) is 17.6 Å². The number of nitrogens with zero attached hydrogens (tertiary/aromatic N) is 1. The number of anilines is 1. The third-order valence-corrected chi connectivity index (χ3v) is 7.58. The van der Waals surface area contributed by atoms with Crippen molar-refractivity contribution in [2.45, 2.75) is 24.7 Å². The van der Waals surface area contributed by atoms with Gasteiger partial charge in [0.1, 0.15) is 10.7 Å². The zero-order valence-corrected chi connectivity index (χ0v) is 17.4. The zero-order valence-electron chi connectivity index (χ0n) is 15.1. The lowest BCUT2D eigenvalue weighted by Crippen LogP contribution is -2.41. The fourth-order valence-electron chi connectivity index (χ4n) is 3.17. The van der Waals surface area contributed by atoms with Crippen LogP contribution in [-0.4, -0.2) is 31.7 Å². The molecule has 1 N–H and O–H groups in total. The number of sulfonamides is 1. The van der Waals surface area contributed by atoms with Crippen LogP contribution in [0, 0.1) is 18.7 Å². The molecule has 5 nitrogen and oxygen atoms in total. The van der Waals surface area contributed by atoms with Gasteiger partial charge in [0.15, 0.2) is 0 Å². The van der Waals surface area contributed by atoms with E-state index in [-0.39, 0.29) is 39.6 Å². The summed E-state index contributed by atoms with van der Waals surface area (Å²) in [6.07, 6.45) is 0.640. The molecular formula is C19H19Cl2FN2O3S. The number of hydrogen-bond donors (Lipinski definition) is 1. The Morgan fingerprint density at radius 2 is 1.75 bits per heavy atom. The fraction of sp³-hybridized carbons (Fsp3) is 0.316. The third-order valence-electron chi connectivity index (χ3n) is 4.72. The van der Waals surface area contributed by atoms with E-state index in [0.717, 1.165) is 5.56 Å². The quantitative estimate of drug-likeness (QED) is 0.755. The van der Waals surface area contributed by atoms with Gasteiger partial charge in [-0.1, -0.05) is 35.3 Å². The summed E-state index contributed by atoms with van der Waals surface area (Å²) in [7, 11) is -3.87. The molecule has 0 radical (unpaired) electrons. The van der Waals surface area contributed by atoms with Crippen molar-refractivity contribution < 1.29 is 17.6 Å². The fourth-order valence-corrected chi connectivity index (χ4v) is 5.73. The van der Waals surface area contributed by atoms with E-state index in [1.165, 1.54) is 28.6 Å². The second kappa shape index (κ2) is 8.37. The highest BCUT2D eigenvalue weighted by molar-refractivity contribution is 7.89. The Labute approximate surface area is 173 Å². The predicted molar refractivity (Wildman–Crippen MR) is 108 cm³/mol. The smallest absolute Gasteiger partial charge is 0.246 e. The van der Waals surface area contributed by atoms with Gasteiger partial charge in [-0.05, 0) is 49.6 Å². The van der Waals surface area contributed by atoms with Crippen LogP contribution in [0.15, 0.2) is 41.3 Å². The number of hydrogen-bond acceptors (Lipinski definition) is 3. The molecule has 0 bridgehead atoms. The number of rotatable bonds is 4. The largest absolute Gasteiger partial charge is 0.323 e. The molecule has 0 unspecified atom stereocenters. The standard InChI is InChI=1S/C19H19Cl2FN2O3S/c1-12-5-6-17(16(22)11-12)23-19(25)13-7-9-24(10-8-13)28(26,27)18-14(20)3-2-4-15(18)21/h2-6,11,13H,7-10H2,1H3,(H,23,25). The summed E-state index contributed by atoms with van der Waals surface area (Å²) >= 11 is 12.1. The van der Waals surface area contributed by atoms with Gasteiger partial charge in [-0.3, -0.25) is 4.79 Å². The van der Waals surface area contributed by atoms with Gasteiger partial charge in [0.2, 0.25) is 15.9 Å². The first kappa shape index (κ1) is 21.0. The van der Waals surface area contributed by atoms with E-state index >= 15 is 0 Å². The number of carbonyl (C=O) groups is 1. The summed E-state index contributed by atoms with van der Waals surface area (Å²) < 4.78 is 41.0. The average molecular weight is 445 g/mol. The van der Waals surface area contributed by atoms with Crippen LogP contribution in [0.2, 0.25) is 10.0 Å². The van der Waals surface area contributed by atoms with Crippen molar-refractivity contribution in [3.63, 3.8) is 0 Å².